The summed E-state index contributed by atoms with van der Waals surface area (Å²) in [6, 6.07) is -6.12. The van der Waals surface area contributed by atoms with E-state index < -0.39 is 126 Å². The fourth-order valence-electron chi connectivity index (χ4n) is 3.58. The second kappa shape index (κ2) is 17.0. The highest BCUT2D eigenvalue weighted by Gasteiger charge is 2.95. The Morgan fingerprint density at radius 1 is 0.369 bits per heavy atom. The molecule has 0 amide bonds. The zero-order chi connectivity index (χ0) is 52.5. The molecule has 0 aliphatic rings. The lowest BCUT2D eigenvalue weighted by Crippen LogP contribution is -2.72. The molecular weight excluding hydrogens is 1060 g/mol. The molecule has 0 saturated heterocycles. The first-order chi connectivity index (χ1) is 28.2. The molecule has 0 heterocycles. The zero-order valence-corrected chi connectivity index (χ0v) is 29.3. The predicted octanol–water partition coefficient (Wildman–Crippen LogP) is 14.2. The Morgan fingerprint density at radius 2 is 0.600 bits per heavy atom. The normalized spacial score (nSPS) is 17.3. The second-order valence-corrected chi connectivity index (χ2v) is 13.5. The van der Waals surface area contributed by atoms with E-state index in [2.05, 4.69) is 19.1 Å². The van der Waals surface area contributed by atoms with Gasteiger partial charge in [-0.1, -0.05) is 39.7 Å². The molecule has 1 aromatic carbocycles. The molecule has 0 saturated carbocycles. The molecule has 40 heteroatoms. The van der Waals surface area contributed by atoms with Crippen LogP contribution in [0.2, 0.25) is 0 Å². The van der Waals surface area contributed by atoms with Crippen LogP contribution in [0.15, 0.2) is 54.0 Å². The Morgan fingerprint density at radius 3 is 0.846 bits per heavy atom. The van der Waals surface area contributed by atoms with Gasteiger partial charge in [0.1, 0.15) is 0 Å². The van der Waals surface area contributed by atoms with Gasteiger partial charge in [0.05, 0.1) is 6.16 Å². The van der Waals surface area contributed by atoms with Crippen molar-refractivity contribution in [3.8, 4) is 0 Å². The molecule has 0 aliphatic carbocycles. The van der Waals surface area contributed by atoms with Crippen LogP contribution in [0.1, 0.15) is 5.56 Å². The van der Waals surface area contributed by atoms with E-state index in [9.17, 15) is 154 Å². The minimum Gasteiger partial charge on any atom is -0.294 e. The highest BCUT2D eigenvalue weighted by atomic mass is 31.2. The lowest BCUT2D eigenvalue weighted by atomic mass is 9.91. The maximum absolute atomic E-state index is 14.1. The summed E-state index contributed by atoms with van der Waals surface area (Å²) in [4.78, 5) is 5.16. The molecule has 0 bridgehead atoms. The summed E-state index contributed by atoms with van der Waals surface area (Å²) < 4.78 is 475. The van der Waals surface area contributed by atoms with Gasteiger partial charge in [-0.15, -0.1) is 0 Å². The second-order valence-electron chi connectivity index (χ2n) is 11.6. The highest BCUT2D eigenvalue weighted by Crippen LogP contribution is 2.66. The van der Waals surface area contributed by atoms with Gasteiger partial charge in [0, 0.05) is 0 Å². The maximum Gasteiger partial charge on any atom is 0.460 e. The van der Waals surface area contributed by atoms with Gasteiger partial charge >= 0.3 is 103 Å². The zero-order valence-electron chi connectivity index (χ0n) is 28.4. The minimum atomic E-state index is -9.12. The van der Waals surface area contributed by atoms with Crippen LogP contribution < -0.4 is 0 Å². The number of halogens is 34. The summed E-state index contributed by atoms with van der Waals surface area (Å²) in [5.41, 5.74) is -0.969. The Bertz CT molecular complexity index is 1850. The lowest BCUT2D eigenvalue weighted by Gasteiger charge is -2.41. The van der Waals surface area contributed by atoms with Gasteiger partial charge in [-0.25, -0.2) is 0 Å². The standard InChI is InChI=1S/C25H7F34O5P/c26-8(12(30,31)14(34,35)16(38,39)18(42,43)20(46,47)22(50,51)24(54,55)56)10(28)61-63-65(60,6-7-4-2-1-3-5-7)64-62-11(29)9(27)13(32,33)15(36,37)17(40,41)19(44,45)21(48,49)23(52,53)25(57,58)59/h1-5H,6H2. The van der Waals surface area contributed by atoms with Gasteiger partial charge in [-0.2, -0.15) is 149 Å². The Hall–Kier alpha value is -3.93. The molecule has 0 spiro atoms. The van der Waals surface area contributed by atoms with Crippen molar-refractivity contribution < 1.29 is 173 Å². The molecule has 0 aliphatic heterocycles. The maximum atomic E-state index is 14.1. The van der Waals surface area contributed by atoms with Gasteiger partial charge in [0.25, 0.3) is 11.7 Å². The molecule has 0 radical (unpaired) electrons. The molecule has 1 rings (SSSR count). The summed E-state index contributed by atoms with van der Waals surface area (Å²) >= 11 is 0. The highest BCUT2D eigenvalue weighted by molar-refractivity contribution is 7.52. The molecular formula is C25H7F34O5P. The summed E-state index contributed by atoms with van der Waals surface area (Å²) in [6.45, 7) is 0. The van der Waals surface area contributed by atoms with E-state index in [1.54, 1.807) is 0 Å². The number of allylic oxidation sites excluding steroid dienone is 2. The Balaban J connectivity index is 3.77. The fourth-order valence-corrected chi connectivity index (χ4v) is 4.73. The number of hydrogen-bond acceptors (Lipinski definition) is 5. The number of hydrogen-bond donors (Lipinski definition) is 0. The fraction of sp³-hybridized carbons (Fsp3) is 0.600. The molecule has 0 N–H and O–H groups in total. The first-order valence-corrected chi connectivity index (χ1v) is 16.0. The Kier molecular flexibility index (Phi) is 15.4. The van der Waals surface area contributed by atoms with Crippen LogP contribution in [0, 0.1) is 0 Å². The molecule has 0 aromatic heterocycles. The number of benzene rings is 1. The van der Waals surface area contributed by atoms with Crippen LogP contribution in [0.5, 0.6) is 0 Å². The van der Waals surface area contributed by atoms with Crippen LogP contribution in [-0.2, 0) is 29.9 Å². The quantitative estimate of drug-likeness (QED) is 0.0428. The van der Waals surface area contributed by atoms with Crippen molar-refractivity contribution in [2.45, 2.75) is 89.6 Å². The molecule has 0 atom stereocenters. The van der Waals surface area contributed by atoms with Crippen molar-refractivity contribution in [2.75, 3.05) is 0 Å². The molecule has 5 nitrogen and oxygen atoms in total. The molecule has 0 unspecified atom stereocenters. The van der Waals surface area contributed by atoms with Crippen molar-refractivity contribution in [2.24, 2.45) is 0 Å². The third-order valence-electron chi connectivity index (χ3n) is 7.22. The summed E-state index contributed by atoms with van der Waals surface area (Å²) in [5.74, 6) is -117. The van der Waals surface area contributed by atoms with E-state index >= 15 is 0 Å². The van der Waals surface area contributed by atoms with E-state index in [1.807, 2.05) is 0 Å². The smallest absolute Gasteiger partial charge is 0.294 e. The Labute approximate surface area is 330 Å². The van der Waals surface area contributed by atoms with E-state index in [1.165, 1.54) is 0 Å². The molecule has 0 fully saturated rings. The lowest BCUT2D eigenvalue weighted by molar-refractivity contribution is -0.451. The van der Waals surface area contributed by atoms with Crippen molar-refractivity contribution in [3.05, 3.63) is 59.6 Å². The predicted molar refractivity (Wildman–Crippen MR) is 132 cm³/mol. The van der Waals surface area contributed by atoms with Crippen LogP contribution in [-0.4, -0.2) is 83.4 Å². The van der Waals surface area contributed by atoms with Crippen LogP contribution in [0.3, 0.4) is 0 Å². The van der Waals surface area contributed by atoms with Crippen LogP contribution >= 0.6 is 7.60 Å². The first-order valence-electron chi connectivity index (χ1n) is 14.3. The van der Waals surface area contributed by atoms with Crippen molar-refractivity contribution in [3.63, 3.8) is 0 Å². The third-order valence-corrected chi connectivity index (χ3v) is 8.57. The van der Waals surface area contributed by atoms with Gasteiger partial charge in [-0.05, 0) is 5.56 Å². The van der Waals surface area contributed by atoms with Gasteiger partial charge in [-0.3, -0.25) is 14.3 Å². The van der Waals surface area contributed by atoms with Crippen LogP contribution in [0.4, 0.5) is 149 Å². The average Bonchev–Trinajstić information content (AvgIpc) is 3.13. The van der Waals surface area contributed by atoms with Gasteiger partial charge in [0.2, 0.25) is 0 Å². The minimum absolute atomic E-state index is 0.461. The van der Waals surface area contributed by atoms with Gasteiger partial charge < -0.3 is 0 Å². The first kappa shape index (κ1) is 59.1. The summed E-state index contributed by atoms with van der Waals surface area (Å²) in [6.07, 6.45) is -18.5. The van der Waals surface area contributed by atoms with E-state index in [0.29, 0.717) is 24.3 Å². The molecule has 380 valence electrons. The molecule has 65 heavy (non-hydrogen) atoms. The van der Waals surface area contributed by atoms with Crippen molar-refractivity contribution in [1.29, 1.82) is 0 Å². The monoisotopic (exact) mass is 1060 g/mol. The third kappa shape index (κ3) is 9.12. The SMILES string of the molecule is O=P(Cc1ccccc1)(OOC(F)=C(F)C(F)(F)C(F)(F)C(F)(F)C(F)(F)C(F)(F)C(F)(F)C(F)(F)F)OOC(F)=C(F)C(F)(F)C(F)(F)C(F)(F)C(F)(F)C(F)(F)C(F)(F)C(F)(F)F. The average molecular weight is 1060 g/mol. The van der Waals surface area contributed by atoms with Gasteiger partial charge in [0.15, 0.2) is 0 Å². The number of rotatable bonds is 20. The summed E-state index contributed by atoms with van der Waals surface area (Å²) in [5, 5.41) is 0. The number of alkyl halides is 30. The van der Waals surface area contributed by atoms with Crippen LogP contribution in [0.25, 0.3) is 0 Å². The van der Waals surface area contributed by atoms with Crippen molar-refractivity contribution >= 4 is 7.60 Å². The topological polar surface area (TPSA) is 54.0 Å². The molecule has 1 aromatic rings. The van der Waals surface area contributed by atoms with E-state index in [0.717, 1.165) is 6.07 Å². The summed E-state index contributed by atoms with van der Waals surface area (Å²) in [7, 11) is -6.85. The van der Waals surface area contributed by atoms with E-state index in [-0.39, 0.29) is 0 Å². The van der Waals surface area contributed by atoms with E-state index in [4.69, 9.17) is 0 Å². The van der Waals surface area contributed by atoms with Crippen molar-refractivity contribution in [1.82, 2.24) is 0 Å². The largest absolute Gasteiger partial charge is 0.460 e.